The van der Waals surface area contributed by atoms with Crippen molar-refractivity contribution in [1.82, 2.24) is 9.97 Å². The lowest BCUT2D eigenvalue weighted by atomic mass is 10.2. The van der Waals surface area contributed by atoms with Crippen LogP contribution in [-0.2, 0) is 26.9 Å². The minimum absolute atomic E-state index is 0.0435. The van der Waals surface area contributed by atoms with E-state index in [1.807, 2.05) is 0 Å². The number of rotatable bonds is 1. The summed E-state index contributed by atoms with van der Waals surface area (Å²) in [5.74, 6) is 0.656. The number of aromatic nitrogens is 2. The first-order valence-electron chi connectivity index (χ1n) is 5.05. The fourth-order valence-corrected chi connectivity index (χ4v) is 3.40. The van der Waals surface area contributed by atoms with E-state index < -0.39 is 15.4 Å². The van der Waals surface area contributed by atoms with Crippen molar-refractivity contribution in [3.8, 4) is 0 Å². The summed E-state index contributed by atoms with van der Waals surface area (Å²) in [7, 11) is -3.09. The minimum Gasteiger partial charge on any atom is -0.383 e. The zero-order valence-electron chi connectivity index (χ0n) is 8.60. The van der Waals surface area contributed by atoms with Gasteiger partial charge in [-0.25, -0.2) is 18.4 Å². The van der Waals surface area contributed by atoms with Gasteiger partial charge in [-0.3, -0.25) is 0 Å². The van der Waals surface area contributed by atoms with Crippen LogP contribution in [0.5, 0.6) is 0 Å². The summed E-state index contributed by atoms with van der Waals surface area (Å²) in [6.07, 6.45) is 1.66. The number of anilines is 1. The molecular formula is C9H12N4O2S. The lowest BCUT2D eigenvalue weighted by Gasteiger charge is -2.09. The van der Waals surface area contributed by atoms with E-state index in [1.165, 1.54) is 0 Å². The molecule has 1 aliphatic carbocycles. The predicted molar refractivity (Wildman–Crippen MR) is 57.9 cm³/mol. The maximum Gasteiger partial charge on any atom is 0.160 e. The highest BCUT2D eigenvalue weighted by atomic mass is 32.2. The molecule has 2 aliphatic rings. The Labute approximate surface area is 93.0 Å². The van der Waals surface area contributed by atoms with Crippen molar-refractivity contribution >= 4 is 15.7 Å². The molecule has 6 nitrogen and oxygen atoms in total. The fraction of sp³-hybridized carbons (Fsp3) is 0.556. The van der Waals surface area contributed by atoms with Crippen molar-refractivity contribution in [3.05, 3.63) is 17.1 Å². The molecule has 1 saturated carbocycles. The van der Waals surface area contributed by atoms with Gasteiger partial charge in [-0.1, -0.05) is 0 Å². The smallest absolute Gasteiger partial charge is 0.160 e. The lowest BCUT2D eigenvalue weighted by Crippen LogP contribution is -2.23. The Hall–Kier alpha value is -1.21. The van der Waals surface area contributed by atoms with Crippen molar-refractivity contribution in [3.63, 3.8) is 0 Å². The van der Waals surface area contributed by atoms with Gasteiger partial charge in [0.2, 0.25) is 0 Å². The molecule has 16 heavy (non-hydrogen) atoms. The van der Waals surface area contributed by atoms with Crippen molar-refractivity contribution in [2.24, 2.45) is 5.73 Å². The van der Waals surface area contributed by atoms with E-state index in [0.29, 0.717) is 17.1 Å². The van der Waals surface area contributed by atoms with Crippen molar-refractivity contribution in [1.29, 1.82) is 0 Å². The molecule has 1 aromatic rings. The van der Waals surface area contributed by atoms with Crippen LogP contribution in [0.15, 0.2) is 0 Å². The third-order valence-corrected chi connectivity index (χ3v) is 4.52. The lowest BCUT2D eigenvalue weighted by molar-refractivity contribution is 0.597. The van der Waals surface area contributed by atoms with Crippen LogP contribution in [0.2, 0.25) is 0 Å². The zero-order chi connectivity index (χ0) is 11.6. The third kappa shape index (κ3) is 1.39. The van der Waals surface area contributed by atoms with Crippen molar-refractivity contribution in [2.75, 3.05) is 5.73 Å². The monoisotopic (exact) mass is 240 g/mol. The second kappa shape index (κ2) is 2.72. The van der Waals surface area contributed by atoms with Crippen LogP contribution < -0.4 is 11.5 Å². The Morgan fingerprint density at radius 1 is 1.19 bits per heavy atom. The van der Waals surface area contributed by atoms with E-state index in [1.54, 1.807) is 0 Å². The average Bonchev–Trinajstić information content (AvgIpc) is 2.82. The van der Waals surface area contributed by atoms with Crippen LogP contribution in [0.4, 0.5) is 5.82 Å². The molecule has 0 spiro atoms. The number of nitrogens with two attached hydrogens (primary N) is 2. The highest BCUT2D eigenvalue weighted by Gasteiger charge is 2.44. The van der Waals surface area contributed by atoms with E-state index in [4.69, 9.17) is 11.5 Å². The van der Waals surface area contributed by atoms with Gasteiger partial charge in [0, 0.05) is 5.56 Å². The molecule has 0 amide bonds. The topological polar surface area (TPSA) is 112 Å². The van der Waals surface area contributed by atoms with Gasteiger partial charge >= 0.3 is 0 Å². The summed E-state index contributed by atoms with van der Waals surface area (Å²) >= 11 is 0. The van der Waals surface area contributed by atoms with E-state index in [-0.39, 0.29) is 17.3 Å². The number of sulfone groups is 1. The van der Waals surface area contributed by atoms with Crippen LogP contribution >= 0.6 is 0 Å². The van der Waals surface area contributed by atoms with Crippen LogP contribution in [0.3, 0.4) is 0 Å². The molecular weight excluding hydrogens is 228 g/mol. The molecule has 86 valence electrons. The number of nitrogen functional groups attached to an aromatic ring is 1. The molecule has 0 atom stereocenters. The Balaban J connectivity index is 2.14. The quantitative estimate of drug-likeness (QED) is 0.680. The van der Waals surface area contributed by atoms with Gasteiger partial charge < -0.3 is 11.5 Å². The first-order chi connectivity index (χ1) is 7.40. The normalized spacial score (nSPS) is 24.1. The maximum atomic E-state index is 11.5. The summed E-state index contributed by atoms with van der Waals surface area (Å²) in [6, 6.07) is 0. The largest absolute Gasteiger partial charge is 0.383 e. The molecule has 0 saturated heterocycles. The highest BCUT2D eigenvalue weighted by molar-refractivity contribution is 7.90. The average molecular weight is 240 g/mol. The number of hydrogen-bond donors (Lipinski definition) is 2. The van der Waals surface area contributed by atoms with Gasteiger partial charge in [-0.05, 0) is 12.8 Å². The second-order valence-corrected chi connectivity index (χ2v) is 6.61. The second-order valence-electron chi connectivity index (χ2n) is 4.55. The Kier molecular flexibility index (Phi) is 1.70. The molecule has 1 aliphatic heterocycles. The van der Waals surface area contributed by atoms with Gasteiger partial charge in [-0.15, -0.1) is 0 Å². The van der Waals surface area contributed by atoms with Gasteiger partial charge in [-0.2, -0.15) is 0 Å². The molecule has 2 heterocycles. The molecule has 1 aromatic heterocycles. The molecule has 0 aromatic carbocycles. The first-order valence-corrected chi connectivity index (χ1v) is 6.87. The summed E-state index contributed by atoms with van der Waals surface area (Å²) in [5, 5.41) is 0. The summed E-state index contributed by atoms with van der Waals surface area (Å²) in [4.78, 5) is 8.37. The summed E-state index contributed by atoms with van der Waals surface area (Å²) in [6.45, 7) is 0. The molecule has 0 radical (unpaired) electrons. The van der Waals surface area contributed by atoms with Crippen LogP contribution in [0.1, 0.15) is 29.9 Å². The van der Waals surface area contributed by atoms with Gasteiger partial charge in [0.1, 0.15) is 5.82 Å². The van der Waals surface area contributed by atoms with Crippen molar-refractivity contribution in [2.45, 2.75) is 29.9 Å². The third-order valence-electron chi connectivity index (χ3n) is 3.08. The number of nitrogens with zero attached hydrogens (tertiary/aromatic N) is 2. The summed E-state index contributed by atoms with van der Waals surface area (Å²) < 4.78 is 22.9. The van der Waals surface area contributed by atoms with Crippen molar-refractivity contribution < 1.29 is 8.42 Å². The molecule has 4 N–H and O–H groups in total. The molecule has 0 unspecified atom stereocenters. The predicted octanol–water partition coefficient (Wildman–Crippen LogP) is -0.565. The molecule has 3 rings (SSSR count). The first kappa shape index (κ1) is 9.98. The molecule has 7 heteroatoms. The molecule has 1 fully saturated rings. The van der Waals surface area contributed by atoms with E-state index in [2.05, 4.69) is 9.97 Å². The van der Waals surface area contributed by atoms with Crippen LogP contribution in [0, 0.1) is 0 Å². The van der Waals surface area contributed by atoms with Gasteiger partial charge in [0.05, 0.1) is 22.7 Å². The number of fused-ring (bicyclic) bond motifs is 1. The Morgan fingerprint density at radius 3 is 2.50 bits per heavy atom. The molecule has 0 bridgehead atoms. The van der Waals surface area contributed by atoms with Gasteiger partial charge in [0.25, 0.3) is 0 Å². The number of hydrogen-bond acceptors (Lipinski definition) is 6. The Bertz CT molecular complexity index is 577. The standard InChI is InChI=1S/C9H12N4O2S/c10-7-5-3-16(14,15)4-6(5)12-8(13-7)9(11)1-2-9/h1-4,11H2,(H2,10,12,13). The van der Waals surface area contributed by atoms with Gasteiger partial charge in [0.15, 0.2) is 15.7 Å². The zero-order valence-corrected chi connectivity index (χ0v) is 9.42. The van der Waals surface area contributed by atoms with E-state index in [9.17, 15) is 8.42 Å². The van der Waals surface area contributed by atoms with E-state index >= 15 is 0 Å². The summed E-state index contributed by atoms with van der Waals surface area (Å²) in [5.41, 5.74) is 12.3. The fourth-order valence-electron chi connectivity index (χ4n) is 1.89. The van der Waals surface area contributed by atoms with Crippen LogP contribution in [0.25, 0.3) is 0 Å². The maximum absolute atomic E-state index is 11.5. The minimum atomic E-state index is -3.09. The van der Waals surface area contributed by atoms with Crippen LogP contribution in [-0.4, -0.2) is 18.4 Å². The Morgan fingerprint density at radius 2 is 1.88 bits per heavy atom. The van der Waals surface area contributed by atoms with E-state index in [0.717, 1.165) is 12.8 Å². The SMILES string of the molecule is Nc1nc(C2(N)CC2)nc2c1CS(=O)(=O)C2. The highest BCUT2D eigenvalue weighted by Crippen LogP contribution is 2.42.